The van der Waals surface area contributed by atoms with Crippen molar-refractivity contribution >= 4 is 0 Å². The molecule has 1 atom stereocenters. The van der Waals surface area contributed by atoms with Gasteiger partial charge < -0.3 is 5.32 Å². The van der Waals surface area contributed by atoms with E-state index >= 15 is 0 Å². The van der Waals surface area contributed by atoms with E-state index in [9.17, 15) is 0 Å². The molecule has 20 heavy (non-hydrogen) atoms. The van der Waals surface area contributed by atoms with E-state index in [4.69, 9.17) is 0 Å². The van der Waals surface area contributed by atoms with Crippen molar-refractivity contribution in [1.82, 2.24) is 10.2 Å². The summed E-state index contributed by atoms with van der Waals surface area (Å²) in [6.45, 7) is 4.94. The average molecular weight is 272 g/mol. The predicted octanol–water partition coefficient (Wildman–Crippen LogP) is 3.36. The van der Waals surface area contributed by atoms with E-state index in [-0.39, 0.29) is 0 Å². The van der Waals surface area contributed by atoms with Crippen LogP contribution < -0.4 is 5.32 Å². The molecule has 0 aromatic heterocycles. The maximum Gasteiger partial charge on any atom is 0.0236 e. The molecular weight excluding hydrogens is 244 g/mol. The summed E-state index contributed by atoms with van der Waals surface area (Å²) < 4.78 is 0. The van der Waals surface area contributed by atoms with Crippen molar-refractivity contribution in [1.29, 1.82) is 0 Å². The summed E-state index contributed by atoms with van der Waals surface area (Å²) >= 11 is 0. The van der Waals surface area contributed by atoms with Gasteiger partial charge in [-0.25, -0.2) is 0 Å². The number of hydrogen-bond donors (Lipinski definition) is 1. The van der Waals surface area contributed by atoms with Crippen LogP contribution in [0.2, 0.25) is 0 Å². The van der Waals surface area contributed by atoms with Crippen molar-refractivity contribution in [2.24, 2.45) is 0 Å². The van der Waals surface area contributed by atoms with Crippen LogP contribution in [0.15, 0.2) is 24.3 Å². The first kappa shape index (κ1) is 14.1. The van der Waals surface area contributed by atoms with Crippen molar-refractivity contribution in [3.05, 3.63) is 35.4 Å². The monoisotopic (exact) mass is 272 g/mol. The van der Waals surface area contributed by atoms with Crippen LogP contribution in [0.5, 0.6) is 0 Å². The maximum absolute atomic E-state index is 3.67. The van der Waals surface area contributed by atoms with E-state index in [1.165, 1.54) is 64.6 Å². The number of hydrogen-bond acceptors (Lipinski definition) is 2. The number of aryl methyl sites for hydroxylation is 1. The second kappa shape index (κ2) is 7.24. The zero-order chi connectivity index (χ0) is 13.6. The van der Waals surface area contributed by atoms with Crippen LogP contribution in [0.4, 0.5) is 0 Å². The quantitative estimate of drug-likeness (QED) is 0.904. The van der Waals surface area contributed by atoms with Gasteiger partial charge in [-0.1, -0.05) is 30.7 Å². The number of piperidine rings is 1. The Bertz CT molecular complexity index is 410. The largest absolute Gasteiger partial charge is 0.314 e. The molecule has 0 bridgehead atoms. The van der Waals surface area contributed by atoms with Crippen molar-refractivity contribution < 1.29 is 0 Å². The van der Waals surface area contributed by atoms with E-state index in [0.717, 1.165) is 12.6 Å². The van der Waals surface area contributed by atoms with Gasteiger partial charge in [0.15, 0.2) is 0 Å². The van der Waals surface area contributed by atoms with Crippen molar-refractivity contribution in [3.63, 3.8) is 0 Å². The Hall–Kier alpha value is -0.860. The Labute approximate surface area is 123 Å². The molecule has 1 aromatic rings. The van der Waals surface area contributed by atoms with Crippen LogP contribution in [0.3, 0.4) is 0 Å². The van der Waals surface area contributed by atoms with Crippen LogP contribution in [0.1, 0.15) is 49.7 Å². The molecule has 0 radical (unpaired) electrons. The topological polar surface area (TPSA) is 15.3 Å². The van der Waals surface area contributed by atoms with Gasteiger partial charge in [-0.3, -0.25) is 4.90 Å². The predicted molar refractivity (Wildman–Crippen MR) is 84.9 cm³/mol. The lowest BCUT2D eigenvalue weighted by Crippen LogP contribution is -2.34. The van der Waals surface area contributed by atoms with Gasteiger partial charge in [-0.2, -0.15) is 0 Å². The summed E-state index contributed by atoms with van der Waals surface area (Å²) in [6.07, 6.45) is 9.48. The summed E-state index contributed by atoms with van der Waals surface area (Å²) in [5.41, 5.74) is 3.13. The highest BCUT2D eigenvalue weighted by molar-refractivity contribution is 5.27. The normalized spacial score (nSPS) is 24.1. The van der Waals surface area contributed by atoms with Gasteiger partial charge in [0.2, 0.25) is 0 Å². The zero-order valence-electron chi connectivity index (χ0n) is 12.6. The smallest absolute Gasteiger partial charge is 0.0236 e. The molecule has 2 nitrogen and oxygen atoms in total. The molecule has 110 valence electrons. The van der Waals surface area contributed by atoms with Gasteiger partial charge >= 0.3 is 0 Å². The summed E-state index contributed by atoms with van der Waals surface area (Å²) in [5.74, 6) is 0. The molecular formula is C18H28N2. The van der Waals surface area contributed by atoms with Gasteiger partial charge in [-0.05, 0) is 69.3 Å². The molecule has 0 saturated carbocycles. The molecule has 1 N–H and O–H groups in total. The van der Waals surface area contributed by atoms with Gasteiger partial charge in [0.25, 0.3) is 0 Å². The highest BCUT2D eigenvalue weighted by Crippen LogP contribution is 2.19. The second-order valence-electron chi connectivity index (χ2n) is 6.44. The van der Waals surface area contributed by atoms with Gasteiger partial charge in [0, 0.05) is 12.6 Å². The first-order chi connectivity index (χ1) is 9.92. The zero-order valence-corrected chi connectivity index (χ0v) is 12.6. The minimum absolute atomic E-state index is 0.794. The Morgan fingerprint density at radius 1 is 1.10 bits per heavy atom. The molecule has 0 aliphatic carbocycles. The van der Waals surface area contributed by atoms with Gasteiger partial charge in [0.1, 0.15) is 0 Å². The van der Waals surface area contributed by atoms with Crippen LogP contribution in [-0.2, 0) is 13.0 Å². The highest BCUT2D eigenvalue weighted by atomic mass is 15.1. The third-order valence-electron chi connectivity index (χ3n) is 4.87. The summed E-state index contributed by atoms with van der Waals surface area (Å²) in [5, 5.41) is 3.67. The average Bonchev–Trinajstić information content (AvgIpc) is 2.70. The fourth-order valence-corrected chi connectivity index (χ4v) is 3.69. The Balaban J connectivity index is 1.46. The fraction of sp³-hybridized carbons (Fsp3) is 0.667. The molecule has 2 heteroatoms. The van der Waals surface area contributed by atoms with Crippen LogP contribution in [0.25, 0.3) is 0 Å². The lowest BCUT2D eigenvalue weighted by Gasteiger charge is -2.25. The molecule has 0 spiro atoms. The number of benzene rings is 1. The Morgan fingerprint density at radius 3 is 2.85 bits per heavy atom. The summed E-state index contributed by atoms with van der Waals surface area (Å²) in [4.78, 5) is 2.66. The molecule has 1 aromatic carbocycles. The van der Waals surface area contributed by atoms with Crippen LogP contribution in [0, 0.1) is 0 Å². The lowest BCUT2D eigenvalue weighted by atomic mass is 10.0. The first-order valence-electron chi connectivity index (χ1n) is 8.44. The molecule has 3 rings (SSSR count). The molecule has 2 heterocycles. The third-order valence-corrected chi connectivity index (χ3v) is 4.87. The molecule has 0 amide bonds. The highest BCUT2D eigenvalue weighted by Gasteiger charge is 2.15. The van der Waals surface area contributed by atoms with E-state index in [0.29, 0.717) is 0 Å². The van der Waals surface area contributed by atoms with Crippen molar-refractivity contribution in [3.8, 4) is 0 Å². The van der Waals surface area contributed by atoms with Crippen LogP contribution >= 0.6 is 0 Å². The number of nitrogens with zero attached hydrogens (tertiary/aromatic N) is 1. The number of nitrogens with one attached hydrogen (secondary N) is 1. The van der Waals surface area contributed by atoms with Gasteiger partial charge in [0.05, 0.1) is 0 Å². The second-order valence-corrected chi connectivity index (χ2v) is 6.44. The lowest BCUT2D eigenvalue weighted by molar-refractivity contribution is 0.253. The summed E-state index contributed by atoms with van der Waals surface area (Å²) in [7, 11) is 0. The third kappa shape index (κ3) is 3.83. The van der Waals surface area contributed by atoms with E-state index in [1.54, 1.807) is 11.1 Å². The molecule has 2 aliphatic rings. The van der Waals surface area contributed by atoms with Crippen molar-refractivity contribution in [2.45, 2.75) is 57.5 Å². The van der Waals surface area contributed by atoms with E-state index in [1.807, 2.05) is 0 Å². The SMILES string of the molecule is c1ccc2c(c1)CCCN(CCCC1CCCCN1)C2. The minimum Gasteiger partial charge on any atom is -0.314 e. The number of fused-ring (bicyclic) bond motifs is 1. The van der Waals surface area contributed by atoms with E-state index < -0.39 is 0 Å². The first-order valence-corrected chi connectivity index (χ1v) is 8.44. The molecule has 1 saturated heterocycles. The molecule has 1 fully saturated rings. The Kier molecular flexibility index (Phi) is 5.10. The van der Waals surface area contributed by atoms with Gasteiger partial charge in [-0.15, -0.1) is 0 Å². The maximum atomic E-state index is 3.67. The molecule has 1 unspecified atom stereocenters. The summed E-state index contributed by atoms with van der Waals surface area (Å²) in [6, 6.07) is 9.79. The van der Waals surface area contributed by atoms with Crippen LogP contribution in [-0.4, -0.2) is 30.6 Å². The number of rotatable bonds is 4. The fourth-order valence-electron chi connectivity index (χ4n) is 3.69. The minimum atomic E-state index is 0.794. The van der Waals surface area contributed by atoms with E-state index in [2.05, 4.69) is 34.5 Å². The molecule has 2 aliphatic heterocycles. The Morgan fingerprint density at radius 2 is 2.00 bits per heavy atom. The standard InChI is InChI=1S/C18H28N2/c1-2-8-17-15-20(13-5-9-16(17)7-1)14-6-11-18-10-3-4-12-19-18/h1-2,7-8,18-19H,3-6,9-15H2. The van der Waals surface area contributed by atoms with Crippen molar-refractivity contribution in [2.75, 3.05) is 19.6 Å².